The van der Waals surface area contributed by atoms with E-state index in [2.05, 4.69) is 39.5 Å². The van der Waals surface area contributed by atoms with Gasteiger partial charge < -0.3 is 0 Å². The second-order valence-corrected chi connectivity index (χ2v) is 12.7. The van der Waals surface area contributed by atoms with Crippen molar-refractivity contribution >= 4 is 32.4 Å². The van der Waals surface area contributed by atoms with E-state index >= 15 is 0 Å². The summed E-state index contributed by atoms with van der Waals surface area (Å²) in [6.07, 6.45) is 5.96. The van der Waals surface area contributed by atoms with Gasteiger partial charge in [0.25, 0.3) is 5.91 Å². The summed E-state index contributed by atoms with van der Waals surface area (Å²) in [6, 6.07) is 16.7. The molecule has 1 aromatic heterocycles. The third kappa shape index (κ3) is 5.54. The number of benzene rings is 2. The number of carbonyl (C=O) groups excluding carboxylic acids is 1. The van der Waals surface area contributed by atoms with Crippen molar-refractivity contribution in [3.05, 3.63) is 76.3 Å². The first-order valence-electron chi connectivity index (χ1n) is 12.5. The van der Waals surface area contributed by atoms with Crippen molar-refractivity contribution in [2.45, 2.75) is 62.6 Å². The number of sulfonamides is 1. The summed E-state index contributed by atoms with van der Waals surface area (Å²) < 4.78 is 27.6. The van der Waals surface area contributed by atoms with Crippen molar-refractivity contribution in [2.24, 2.45) is 0 Å². The van der Waals surface area contributed by atoms with Crippen LogP contribution in [0.2, 0.25) is 0 Å². The molecule has 5 rings (SSSR count). The van der Waals surface area contributed by atoms with Gasteiger partial charge >= 0.3 is 0 Å². The van der Waals surface area contributed by atoms with Crippen LogP contribution in [-0.4, -0.2) is 48.1 Å². The highest BCUT2D eigenvalue weighted by Crippen LogP contribution is 2.30. The predicted octanol–water partition coefficient (Wildman–Crippen LogP) is 4.91. The average Bonchev–Trinajstić information content (AvgIpc) is 3.31. The van der Waals surface area contributed by atoms with E-state index in [-0.39, 0.29) is 16.8 Å². The number of fused-ring (bicyclic) bond motifs is 1. The molecule has 0 unspecified atom stereocenters. The number of nitrogens with one attached hydrogen (secondary N) is 1. The highest BCUT2D eigenvalue weighted by molar-refractivity contribution is 7.89. The molecule has 0 bridgehead atoms. The Bertz CT molecular complexity index is 1300. The summed E-state index contributed by atoms with van der Waals surface area (Å²) >= 11 is 1.51. The Morgan fingerprint density at radius 3 is 2.53 bits per heavy atom. The Morgan fingerprint density at radius 2 is 1.81 bits per heavy atom. The number of amides is 1. The molecule has 2 aromatic carbocycles. The van der Waals surface area contributed by atoms with E-state index in [9.17, 15) is 13.2 Å². The van der Waals surface area contributed by atoms with Crippen LogP contribution in [-0.2, 0) is 29.5 Å². The average molecular weight is 525 g/mol. The van der Waals surface area contributed by atoms with Gasteiger partial charge in [-0.15, -0.1) is 11.3 Å². The molecule has 1 aliphatic carbocycles. The van der Waals surface area contributed by atoms with Crippen LogP contribution in [0.4, 0.5) is 5.13 Å². The highest BCUT2D eigenvalue weighted by Gasteiger charge is 2.29. The van der Waals surface area contributed by atoms with Crippen molar-refractivity contribution in [2.75, 3.05) is 18.9 Å². The van der Waals surface area contributed by atoms with Gasteiger partial charge in [0, 0.05) is 49.6 Å². The number of hydrogen-bond donors (Lipinski definition) is 1. The molecule has 36 heavy (non-hydrogen) atoms. The second-order valence-electron chi connectivity index (χ2n) is 9.63. The minimum atomic E-state index is -3.58. The second kappa shape index (κ2) is 10.8. The molecule has 0 atom stereocenters. The Kier molecular flexibility index (Phi) is 7.52. The largest absolute Gasteiger partial charge is 0.298 e. The zero-order valence-corrected chi connectivity index (χ0v) is 22.2. The molecule has 3 aromatic rings. The molecule has 1 N–H and O–H groups in total. The lowest BCUT2D eigenvalue weighted by molar-refractivity contribution is 0.102. The quantitative estimate of drug-likeness (QED) is 0.475. The molecule has 1 amide bonds. The maximum Gasteiger partial charge on any atom is 0.257 e. The first-order chi connectivity index (χ1) is 17.4. The van der Waals surface area contributed by atoms with Crippen LogP contribution < -0.4 is 5.32 Å². The van der Waals surface area contributed by atoms with E-state index < -0.39 is 10.0 Å². The minimum absolute atomic E-state index is 0.0475. The number of anilines is 1. The molecule has 7 nitrogen and oxygen atoms in total. The zero-order valence-electron chi connectivity index (χ0n) is 20.5. The number of carbonyl (C=O) groups is 1. The summed E-state index contributed by atoms with van der Waals surface area (Å²) in [5, 5.41) is 3.49. The van der Waals surface area contributed by atoms with Crippen LogP contribution in [0.3, 0.4) is 0 Å². The maximum absolute atomic E-state index is 13.1. The molecule has 2 aliphatic rings. The summed E-state index contributed by atoms with van der Waals surface area (Å²) in [4.78, 5) is 21.3. The van der Waals surface area contributed by atoms with Crippen LogP contribution >= 0.6 is 11.3 Å². The van der Waals surface area contributed by atoms with Crippen LogP contribution in [0.25, 0.3) is 0 Å². The molecule has 9 heteroatoms. The lowest BCUT2D eigenvalue weighted by Gasteiger charge is -2.30. The van der Waals surface area contributed by atoms with E-state index in [1.165, 1.54) is 44.6 Å². The van der Waals surface area contributed by atoms with Crippen molar-refractivity contribution in [1.29, 1.82) is 0 Å². The van der Waals surface area contributed by atoms with Gasteiger partial charge in [0.2, 0.25) is 10.0 Å². The molecule has 0 spiro atoms. The van der Waals surface area contributed by atoms with E-state index in [0.717, 1.165) is 57.4 Å². The molecule has 1 saturated carbocycles. The van der Waals surface area contributed by atoms with E-state index in [4.69, 9.17) is 0 Å². The van der Waals surface area contributed by atoms with Crippen molar-refractivity contribution in [3.63, 3.8) is 0 Å². The van der Waals surface area contributed by atoms with Gasteiger partial charge in [-0.3, -0.25) is 15.0 Å². The van der Waals surface area contributed by atoms with Gasteiger partial charge in [-0.1, -0.05) is 49.6 Å². The normalized spacial score (nSPS) is 17.2. The fraction of sp³-hybridized carbons (Fsp3) is 0.407. The Balaban J connectivity index is 1.21. The Hall–Kier alpha value is -2.59. The number of aromatic nitrogens is 1. The van der Waals surface area contributed by atoms with Crippen LogP contribution in [0.1, 0.15) is 58.6 Å². The first-order valence-corrected chi connectivity index (χ1v) is 14.8. The van der Waals surface area contributed by atoms with Crippen LogP contribution in [0, 0.1) is 0 Å². The summed E-state index contributed by atoms with van der Waals surface area (Å²) in [5.41, 5.74) is 2.74. The summed E-state index contributed by atoms with van der Waals surface area (Å²) in [7, 11) is -1.92. The molecule has 190 valence electrons. The van der Waals surface area contributed by atoms with E-state index in [1.807, 2.05) is 6.07 Å². The Morgan fingerprint density at radius 1 is 1.08 bits per heavy atom. The highest BCUT2D eigenvalue weighted by atomic mass is 32.2. The Labute approximate surface area is 217 Å². The summed E-state index contributed by atoms with van der Waals surface area (Å²) in [5.74, 6) is -0.285. The zero-order chi connectivity index (χ0) is 25.1. The first kappa shape index (κ1) is 25.1. The topological polar surface area (TPSA) is 82.6 Å². The molecule has 2 heterocycles. The van der Waals surface area contributed by atoms with Crippen LogP contribution in [0.15, 0.2) is 59.5 Å². The lowest BCUT2D eigenvalue weighted by atomic mass is 9.96. The number of nitrogens with zero attached hydrogens (tertiary/aromatic N) is 3. The van der Waals surface area contributed by atoms with Crippen molar-refractivity contribution in [3.8, 4) is 0 Å². The van der Waals surface area contributed by atoms with E-state index in [0.29, 0.717) is 10.7 Å². The standard InChI is InChI=1S/C27H32N4O3S2/c1-30(22-10-6-3-7-11-22)36(33,34)23-14-12-21(13-15-23)26(32)29-27-28-24-16-17-31(19-25(24)35-27)18-20-8-4-2-5-9-20/h2,4-5,8-9,12-15,22H,3,6-7,10-11,16-19H2,1H3,(H,28,29,32). The third-order valence-corrected chi connectivity index (χ3v) is 10.1. The molecule has 1 fully saturated rings. The monoisotopic (exact) mass is 524 g/mol. The molecule has 1 aliphatic heterocycles. The van der Waals surface area contributed by atoms with Gasteiger partial charge in [-0.25, -0.2) is 13.4 Å². The van der Waals surface area contributed by atoms with Gasteiger partial charge in [0.15, 0.2) is 5.13 Å². The summed E-state index contributed by atoms with van der Waals surface area (Å²) in [6.45, 7) is 2.65. The molecular weight excluding hydrogens is 492 g/mol. The smallest absolute Gasteiger partial charge is 0.257 e. The maximum atomic E-state index is 13.1. The van der Waals surface area contributed by atoms with Gasteiger partial charge in [-0.05, 0) is 42.7 Å². The van der Waals surface area contributed by atoms with Gasteiger partial charge in [-0.2, -0.15) is 4.31 Å². The molecule has 0 saturated heterocycles. The number of hydrogen-bond acceptors (Lipinski definition) is 6. The molecular formula is C27H32N4O3S2. The third-order valence-electron chi connectivity index (χ3n) is 7.16. The molecule has 0 radical (unpaired) electrons. The predicted molar refractivity (Wildman–Crippen MR) is 143 cm³/mol. The SMILES string of the molecule is CN(C1CCCCC1)S(=O)(=O)c1ccc(C(=O)Nc2nc3c(s2)CN(Cc2ccccc2)CC3)cc1. The fourth-order valence-electron chi connectivity index (χ4n) is 5.03. The van der Waals surface area contributed by atoms with Crippen molar-refractivity contribution < 1.29 is 13.2 Å². The lowest BCUT2D eigenvalue weighted by Crippen LogP contribution is -2.38. The number of rotatable bonds is 7. The fourth-order valence-corrected chi connectivity index (χ4v) is 7.49. The van der Waals surface area contributed by atoms with Crippen molar-refractivity contribution in [1.82, 2.24) is 14.2 Å². The minimum Gasteiger partial charge on any atom is -0.298 e. The van der Waals surface area contributed by atoms with Gasteiger partial charge in [0.05, 0.1) is 10.6 Å². The van der Waals surface area contributed by atoms with Crippen LogP contribution in [0.5, 0.6) is 0 Å². The van der Waals surface area contributed by atoms with Gasteiger partial charge in [0.1, 0.15) is 0 Å². The number of thiazole rings is 1. The van der Waals surface area contributed by atoms with E-state index in [1.54, 1.807) is 19.2 Å².